The Kier molecular flexibility index (Phi) is 3.85. The van der Waals surface area contributed by atoms with Gasteiger partial charge in [0.2, 0.25) is 0 Å². The number of carbonyl (C=O) groups is 1. The molecule has 100 valence electrons. The Labute approximate surface area is 116 Å². The van der Waals surface area contributed by atoms with Gasteiger partial charge in [0.05, 0.1) is 10.1 Å². The van der Waals surface area contributed by atoms with Crippen LogP contribution in [0.5, 0.6) is 0 Å². The SMILES string of the molecule is CNC(=O)NC(C)(C)c1ccccc1.c1nc2sc1=2. The van der Waals surface area contributed by atoms with E-state index in [4.69, 9.17) is 0 Å². The summed E-state index contributed by atoms with van der Waals surface area (Å²) in [6, 6.07) is 9.70. The Morgan fingerprint density at radius 3 is 2.26 bits per heavy atom. The molecule has 1 aromatic carbocycles. The quantitative estimate of drug-likeness (QED) is 0.755. The van der Waals surface area contributed by atoms with Crippen molar-refractivity contribution in [3.8, 4) is 0 Å². The Hall–Kier alpha value is -1.88. The van der Waals surface area contributed by atoms with Gasteiger partial charge in [-0.05, 0) is 19.4 Å². The van der Waals surface area contributed by atoms with Gasteiger partial charge in [0.15, 0.2) is 0 Å². The van der Waals surface area contributed by atoms with E-state index in [1.165, 1.54) is 9.20 Å². The van der Waals surface area contributed by atoms with E-state index in [-0.39, 0.29) is 11.6 Å². The van der Waals surface area contributed by atoms with Crippen molar-refractivity contribution < 1.29 is 4.79 Å². The van der Waals surface area contributed by atoms with Crippen LogP contribution in [-0.2, 0) is 5.54 Å². The molecule has 3 rings (SSSR count). The lowest BCUT2D eigenvalue weighted by molar-refractivity contribution is 0.232. The summed E-state index contributed by atoms with van der Waals surface area (Å²) in [6.07, 6.45) is 1.89. The third kappa shape index (κ3) is 3.54. The van der Waals surface area contributed by atoms with Gasteiger partial charge in [-0.1, -0.05) is 30.3 Å². The van der Waals surface area contributed by atoms with E-state index in [1.807, 2.05) is 50.4 Å². The van der Waals surface area contributed by atoms with Crippen LogP contribution in [0.4, 0.5) is 4.79 Å². The zero-order valence-electron chi connectivity index (χ0n) is 11.2. The predicted molar refractivity (Wildman–Crippen MR) is 76.8 cm³/mol. The number of hydrogen-bond donors (Lipinski definition) is 2. The van der Waals surface area contributed by atoms with Crippen molar-refractivity contribution in [2.24, 2.45) is 0 Å². The number of rotatable bonds is 2. The van der Waals surface area contributed by atoms with Gasteiger partial charge in [-0.2, -0.15) is 0 Å². The monoisotopic (exact) mass is 275 g/mol. The highest BCUT2D eigenvalue weighted by Gasteiger charge is 2.21. The molecule has 2 aliphatic heterocycles. The highest BCUT2D eigenvalue weighted by Crippen LogP contribution is 2.18. The topological polar surface area (TPSA) is 54.0 Å². The molecule has 0 radical (unpaired) electrons. The average Bonchev–Trinajstić information content (AvgIpc) is 2.97. The van der Waals surface area contributed by atoms with Crippen LogP contribution in [0.25, 0.3) is 0 Å². The van der Waals surface area contributed by atoms with E-state index in [0.717, 1.165) is 5.56 Å². The van der Waals surface area contributed by atoms with Gasteiger partial charge in [0.1, 0.15) is 4.66 Å². The molecule has 2 N–H and O–H groups in total. The number of urea groups is 1. The zero-order chi connectivity index (χ0) is 13.9. The van der Waals surface area contributed by atoms with Crippen LogP contribution in [0.1, 0.15) is 19.4 Å². The summed E-state index contributed by atoms with van der Waals surface area (Å²) in [7, 11) is 1.61. The molecule has 2 heterocycles. The minimum Gasteiger partial charge on any atom is -0.341 e. The molecule has 4 nitrogen and oxygen atoms in total. The van der Waals surface area contributed by atoms with Crippen molar-refractivity contribution in [1.82, 2.24) is 15.6 Å². The predicted octanol–water partition coefficient (Wildman–Crippen LogP) is 2.59. The maximum absolute atomic E-state index is 11.2. The molecule has 1 aromatic rings. The molecule has 0 atom stereocenters. The third-order valence-corrected chi connectivity index (χ3v) is 3.66. The molecule has 0 unspecified atom stereocenters. The summed E-state index contributed by atoms with van der Waals surface area (Å²) in [6.45, 7) is 3.94. The van der Waals surface area contributed by atoms with Gasteiger partial charge in [-0.25, -0.2) is 9.78 Å². The first-order chi connectivity index (χ1) is 9.03. The first kappa shape index (κ1) is 13.5. The summed E-state index contributed by atoms with van der Waals surface area (Å²) in [5.74, 6) is 0. The van der Waals surface area contributed by atoms with Crippen molar-refractivity contribution in [1.29, 1.82) is 0 Å². The van der Waals surface area contributed by atoms with E-state index >= 15 is 0 Å². The fourth-order valence-corrected chi connectivity index (χ4v) is 2.05. The molecular formula is C14H17N3OS. The Bertz CT molecular complexity index is 626. The molecule has 0 fully saturated rings. The second-order valence-corrected chi connectivity index (χ2v) is 5.76. The van der Waals surface area contributed by atoms with Crippen molar-refractivity contribution >= 4 is 17.4 Å². The summed E-state index contributed by atoms with van der Waals surface area (Å²) >= 11 is 1.77. The minimum atomic E-state index is -0.346. The van der Waals surface area contributed by atoms with Crippen LogP contribution >= 0.6 is 11.3 Å². The van der Waals surface area contributed by atoms with Gasteiger partial charge in [0, 0.05) is 13.2 Å². The van der Waals surface area contributed by atoms with Crippen LogP contribution in [0.3, 0.4) is 0 Å². The lowest BCUT2D eigenvalue weighted by atomic mass is 9.95. The molecule has 2 aliphatic rings. The third-order valence-electron chi connectivity index (χ3n) is 2.82. The van der Waals surface area contributed by atoms with E-state index in [9.17, 15) is 4.79 Å². The number of amides is 2. The van der Waals surface area contributed by atoms with Crippen LogP contribution in [0, 0.1) is 9.20 Å². The van der Waals surface area contributed by atoms with Gasteiger partial charge in [0.25, 0.3) is 0 Å². The van der Waals surface area contributed by atoms with Crippen LogP contribution in [0.2, 0.25) is 0 Å². The van der Waals surface area contributed by atoms with Crippen LogP contribution in [0.15, 0.2) is 36.5 Å². The number of hydrogen-bond acceptors (Lipinski definition) is 3. The van der Waals surface area contributed by atoms with E-state index in [1.54, 1.807) is 18.4 Å². The second-order valence-electron chi connectivity index (χ2n) is 4.72. The van der Waals surface area contributed by atoms with Gasteiger partial charge in [-0.15, -0.1) is 11.3 Å². The number of benzene rings is 1. The van der Waals surface area contributed by atoms with Crippen molar-refractivity contribution in [2.45, 2.75) is 19.4 Å². The average molecular weight is 275 g/mol. The van der Waals surface area contributed by atoms with Crippen molar-refractivity contribution in [3.63, 3.8) is 0 Å². The molecule has 19 heavy (non-hydrogen) atoms. The normalized spacial score (nSPS) is 11.1. The Balaban J connectivity index is 0.000000215. The number of carbonyl (C=O) groups excluding carboxylic acids is 1. The van der Waals surface area contributed by atoms with E-state index in [0.29, 0.717) is 0 Å². The molecule has 0 saturated heterocycles. The lowest BCUT2D eigenvalue weighted by Gasteiger charge is -2.26. The highest BCUT2D eigenvalue weighted by molar-refractivity contribution is 7.14. The maximum Gasteiger partial charge on any atom is 0.315 e. The molecule has 5 heteroatoms. The standard InChI is InChI=1S/C11H16N2O.C3HNS/c1-11(2,13-10(14)12-3)9-7-5-4-6-8-9;1-2-3(4-1)5-2/h4-8H,1-3H3,(H2,12,13,14);1H. The largest absolute Gasteiger partial charge is 0.341 e. The number of thiazole rings is 1. The van der Waals surface area contributed by atoms with Crippen molar-refractivity contribution in [3.05, 3.63) is 51.3 Å². The Morgan fingerprint density at radius 2 is 1.89 bits per heavy atom. The number of nitrogens with one attached hydrogen (secondary N) is 2. The van der Waals surface area contributed by atoms with Gasteiger partial charge >= 0.3 is 6.03 Å². The van der Waals surface area contributed by atoms with Crippen LogP contribution in [-0.4, -0.2) is 18.1 Å². The fourth-order valence-electron chi connectivity index (χ4n) is 1.57. The molecule has 0 aliphatic carbocycles. The van der Waals surface area contributed by atoms with Gasteiger partial charge < -0.3 is 10.6 Å². The molecule has 0 saturated carbocycles. The summed E-state index contributed by atoms with van der Waals surface area (Å²) < 4.78 is 2.65. The molecule has 2 amide bonds. The maximum atomic E-state index is 11.2. The van der Waals surface area contributed by atoms with Gasteiger partial charge in [-0.3, -0.25) is 0 Å². The molecular weight excluding hydrogens is 258 g/mol. The molecule has 0 spiro atoms. The fraction of sp³-hybridized carbons (Fsp3) is 0.286. The number of aromatic nitrogens is 1. The van der Waals surface area contributed by atoms with Crippen LogP contribution < -0.4 is 10.6 Å². The van der Waals surface area contributed by atoms with E-state index < -0.39 is 0 Å². The minimum absolute atomic E-state index is 0.168. The summed E-state index contributed by atoms with van der Waals surface area (Å²) in [5.41, 5.74) is 0.741. The smallest absolute Gasteiger partial charge is 0.315 e. The first-order valence-corrected chi connectivity index (χ1v) is 6.86. The second kappa shape index (κ2) is 5.40. The Morgan fingerprint density at radius 1 is 1.26 bits per heavy atom. The van der Waals surface area contributed by atoms with Crippen molar-refractivity contribution in [2.75, 3.05) is 7.05 Å². The summed E-state index contributed by atoms with van der Waals surface area (Å²) in [5, 5.41) is 5.41. The van der Waals surface area contributed by atoms with E-state index in [2.05, 4.69) is 15.6 Å². The molecule has 0 aromatic heterocycles. The summed E-state index contributed by atoms with van der Waals surface area (Å²) in [4.78, 5) is 15.0. The molecule has 0 bridgehead atoms. The first-order valence-electron chi connectivity index (χ1n) is 6.04. The number of nitrogens with zero attached hydrogens (tertiary/aromatic N) is 1. The lowest BCUT2D eigenvalue weighted by Crippen LogP contribution is -2.45. The zero-order valence-corrected chi connectivity index (χ0v) is 12.0. The highest BCUT2D eigenvalue weighted by atomic mass is 32.1.